The zero-order valence-electron chi connectivity index (χ0n) is 18.6. The highest BCUT2D eigenvalue weighted by Crippen LogP contribution is 2.37. The molecular weight excluding hydrogens is 414 g/mol. The van der Waals surface area contributed by atoms with Gasteiger partial charge in [0.1, 0.15) is 6.10 Å². The molecule has 6 nitrogen and oxygen atoms in total. The number of aromatic nitrogens is 1. The Morgan fingerprint density at radius 1 is 0.909 bits per heavy atom. The number of aliphatic hydroxyl groups excluding tert-OH is 1. The van der Waals surface area contributed by atoms with E-state index in [-0.39, 0.29) is 5.69 Å². The van der Waals surface area contributed by atoms with Crippen LogP contribution in [0.1, 0.15) is 42.2 Å². The molecule has 33 heavy (non-hydrogen) atoms. The lowest BCUT2D eigenvalue weighted by atomic mass is 10.0. The smallest absolute Gasteiger partial charge is 0.275 e. The van der Waals surface area contributed by atoms with Gasteiger partial charge in [-0.05, 0) is 68.1 Å². The van der Waals surface area contributed by atoms with Crippen LogP contribution in [0, 0.1) is 17.0 Å². The molecule has 1 aliphatic rings. The second kappa shape index (κ2) is 8.71. The van der Waals surface area contributed by atoms with E-state index in [0.717, 1.165) is 53.8 Å². The molecule has 6 heteroatoms. The Hall–Kier alpha value is -3.64. The fourth-order valence-corrected chi connectivity index (χ4v) is 4.83. The number of para-hydroxylation sites is 1. The van der Waals surface area contributed by atoms with Crippen LogP contribution in [-0.2, 0) is 0 Å². The maximum absolute atomic E-state index is 11.9. The number of piperidine rings is 1. The van der Waals surface area contributed by atoms with Crippen LogP contribution in [0.4, 0.5) is 11.4 Å². The molecule has 5 rings (SSSR count). The summed E-state index contributed by atoms with van der Waals surface area (Å²) in [4.78, 5) is 13.7. The third-order valence-corrected chi connectivity index (χ3v) is 6.51. The molecule has 0 amide bonds. The van der Waals surface area contributed by atoms with Gasteiger partial charge in [-0.15, -0.1) is 0 Å². The number of nitro benzene ring substituents is 1. The number of hydrogen-bond donors (Lipinski definition) is 1. The standard InChI is InChI=1S/C27H27N3O3/c1-19-10-11-20-17-26(29(25(20)16-19)21-8-4-2-5-9-21)27(31)23-18-22(12-13-24(23)30(32)33)28-14-6-3-7-15-28/h2,4-5,8-13,16-18,27,31H,3,6-7,14-15H2,1H3. The van der Waals surface area contributed by atoms with Gasteiger partial charge in [0.15, 0.2) is 0 Å². The van der Waals surface area contributed by atoms with Gasteiger partial charge in [-0.3, -0.25) is 10.1 Å². The van der Waals surface area contributed by atoms with E-state index in [0.29, 0.717) is 11.3 Å². The number of fused-ring (bicyclic) bond motifs is 1. The second-order valence-electron chi connectivity index (χ2n) is 8.75. The molecule has 0 saturated carbocycles. The number of anilines is 1. The summed E-state index contributed by atoms with van der Waals surface area (Å²) in [5, 5.41) is 24.5. The lowest BCUT2D eigenvalue weighted by Gasteiger charge is -2.29. The number of hydrogen-bond acceptors (Lipinski definition) is 4. The van der Waals surface area contributed by atoms with Crippen molar-refractivity contribution < 1.29 is 10.0 Å². The Kier molecular flexibility index (Phi) is 5.60. The van der Waals surface area contributed by atoms with Gasteiger partial charge in [-0.2, -0.15) is 0 Å². The fraction of sp³-hybridized carbons (Fsp3) is 0.259. The van der Waals surface area contributed by atoms with Gasteiger partial charge in [0, 0.05) is 35.9 Å². The molecule has 1 atom stereocenters. The van der Waals surface area contributed by atoms with E-state index in [1.165, 1.54) is 12.5 Å². The molecule has 3 aromatic carbocycles. The van der Waals surface area contributed by atoms with Gasteiger partial charge in [-0.1, -0.05) is 30.3 Å². The molecular formula is C27H27N3O3. The summed E-state index contributed by atoms with van der Waals surface area (Å²) in [6.07, 6.45) is 2.27. The van der Waals surface area contributed by atoms with E-state index in [1.54, 1.807) is 12.1 Å². The molecule has 1 N–H and O–H groups in total. The summed E-state index contributed by atoms with van der Waals surface area (Å²) in [7, 11) is 0. The topological polar surface area (TPSA) is 71.5 Å². The van der Waals surface area contributed by atoms with Crippen LogP contribution in [0.5, 0.6) is 0 Å². The Balaban J connectivity index is 1.69. The monoisotopic (exact) mass is 441 g/mol. The van der Waals surface area contributed by atoms with Gasteiger partial charge >= 0.3 is 0 Å². The minimum absolute atomic E-state index is 0.0655. The number of benzene rings is 3. The summed E-state index contributed by atoms with van der Waals surface area (Å²) < 4.78 is 2.00. The second-order valence-corrected chi connectivity index (χ2v) is 8.75. The zero-order valence-corrected chi connectivity index (χ0v) is 18.6. The molecule has 168 valence electrons. The van der Waals surface area contributed by atoms with Crippen LogP contribution < -0.4 is 4.90 Å². The van der Waals surface area contributed by atoms with E-state index in [1.807, 2.05) is 60.0 Å². The highest BCUT2D eigenvalue weighted by molar-refractivity contribution is 5.84. The number of aryl methyl sites for hydroxylation is 1. The van der Waals surface area contributed by atoms with Crippen molar-refractivity contribution in [2.75, 3.05) is 18.0 Å². The summed E-state index contributed by atoms with van der Waals surface area (Å²) in [5.41, 5.74) is 4.77. The number of aliphatic hydroxyl groups is 1. The summed E-state index contributed by atoms with van der Waals surface area (Å²) in [6.45, 7) is 3.89. The van der Waals surface area contributed by atoms with Crippen LogP contribution in [0.25, 0.3) is 16.6 Å². The van der Waals surface area contributed by atoms with Gasteiger partial charge in [-0.25, -0.2) is 0 Å². The van der Waals surface area contributed by atoms with Crippen molar-refractivity contribution in [3.63, 3.8) is 0 Å². The maximum atomic E-state index is 11.9. The van der Waals surface area contributed by atoms with Gasteiger partial charge in [0.05, 0.1) is 21.7 Å². The molecule has 1 aliphatic heterocycles. The van der Waals surface area contributed by atoms with Crippen molar-refractivity contribution in [2.45, 2.75) is 32.3 Å². The molecule has 1 fully saturated rings. The first-order valence-corrected chi connectivity index (χ1v) is 11.4. The van der Waals surface area contributed by atoms with Crippen molar-refractivity contribution in [3.05, 3.63) is 99.7 Å². The lowest BCUT2D eigenvalue weighted by molar-refractivity contribution is -0.386. The largest absolute Gasteiger partial charge is 0.382 e. The Morgan fingerprint density at radius 3 is 2.39 bits per heavy atom. The first kappa shape index (κ1) is 21.2. The minimum atomic E-state index is -1.15. The van der Waals surface area contributed by atoms with Crippen LogP contribution in [-0.4, -0.2) is 27.7 Å². The van der Waals surface area contributed by atoms with Crippen molar-refractivity contribution in [1.29, 1.82) is 0 Å². The Labute approximate surface area is 192 Å². The predicted octanol–water partition coefficient (Wildman–Crippen LogP) is 5.92. The molecule has 0 aliphatic carbocycles. The van der Waals surface area contributed by atoms with Gasteiger partial charge < -0.3 is 14.6 Å². The number of nitro groups is 1. The fourth-order valence-electron chi connectivity index (χ4n) is 4.83. The lowest BCUT2D eigenvalue weighted by Crippen LogP contribution is -2.29. The molecule has 1 aromatic heterocycles. The van der Waals surface area contributed by atoms with Gasteiger partial charge in [0.25, 0.3) is 5.69 Å². The zero-order chi connectivity index (χ0) is 22.9. The van der Waals surface area contributed by atoms with E-state index < -0.39 is 11.0 Å². The number of nitrogens with zero attached hydrogens (tertiary/aromatic N) is 3. The average molecular weight is 442 g/mol. The Morgan fingerprint density at radius 2 is 1.67 bits per heavy atom. The number of rotatable bonds is 5. The van der Waals surface area contributed by atoms with E-state index >= 15 is 0 Å². The Bertz CT molecular complexity index is 1310. The third-order valence-electron chi connectivity index (χ3n) is 6.51. The summed E-state index contributed by atoms with van der Waals surface area (Å²) in [6, 6.07) is 23.0. The van der Waals surface area contributed by atoms with E-state index in [9.17, 15) is 15.2 Å². The normalized spacial score (nSPS) is 15.0. The first-order valence-electron chi connectivity index (χ1n) is 11.4. The van der Waals surface area contributed by atoms with Crippen molar-refractivity contribution >= 4 is 22.3 Å². The van der Waals surface area contributed by atoms with Crippen molar-refractivity contribution in [1.82, 2.24) is 4.57 Å². The van der Waals surface area contributed by atoms with E-state index in [2.05, 4.69) is 11.0 Å². The first-order chi connectivity index (χ1) is 16.0. The van der Waals surface area contributed by atoms with Crippen LogP contribution in [0.2, 0.25) is 0 Å². The molecule has 1 unspecified atom stereocenters. The molecule has 0 bridgehead atoms. The molecule has 1 saturated heterocycles. The van der Waals surface area contributed by atoms with Crippen LogP contribution in [0.3, 0.4) is 0 Å². The SMILES string of the molecule is Cc1ccc2cc(C(O)c3cc(N4CCCCC4)ccc3[N+](=O)[O-])n(-c3ccccc3)c2c1. The maximum Gasteiger partial charge on any atom is 0.275 e. The highest BCUT2D eigenvalue weighted by atomic mass is 16.6. The third kappa shape index (κ3) is 3.98. The van der Waals surface area contributed by atoms with Crippen molar-refractivity contribution in [3.8, 4) is 5.69 Å². The molecule has 2 heterocycles. The van der Waals surface area contributed by atoms with Gasteiger partial charge in [0.2, 0.25) is 0 Å². The summed E-state index contributed by atoms with van der Waals surface area (Å²) >= 11 is 0. The van der Waals surface area contributed by atoms with Crippen molar-refractivity contribution in [2.24, 2.45) is 0 Å². The van der Waals surface area contributed by atoms with E-state index in [4.69, 9.17) is 0 Å². The minimum Gasteiger partial charge on any atom is -0.382 e. The quantitative estimate of drug-likeness (QED) is 0.308. The predicted molar refractivity (Wildman–Crippen MR) is 131 cm³/mol. The summed E-state index contributed by atoms with van der Waals surface area (Å²) in [5.74, 6) is 0. The molecule has 4 aromatic rings. The van der Waals surface area contributed by atoms with Crippen LogP contribution in [0.15, 0.2) is 72.8 Å². The molecule has 0 radical (unpaired) electrons. The average Bonchev–Trinajstić information content (AvgIpc) is 3.22. The van der Waals surface area contributed by atoms with Crippen LogP contribution >= 0.6 is 0 Å². The highest BCUT2D eigenvalue weighted by Gasteiger charge is 2.27. The molecule has 0 spiro atoms.